The lowest BCUT2D eigenvalue weighted by Crippen LogP contribution is -2.46. The van der Waals surface area contributed by atoms with Gasteiger partial charge >= 0.3 is 0 Å². The number of anilines is 1. The van der Waals surface area contributed by atoms with E-state index in [1.165, 1.54) is 10.2 Å². The van der Waals surface area contributed by atoms with Crippen LogP contribution in [0.1, 0.15) is 65.5 Å². The molecule has 0 radical (unpaired) electrons. The van der Waals surface area contributed by atoms with Crippen molar-refractivity contribution in [1.29, 1.82) is 0 Å². The van der Waals surface area contributed by atoms with Crippen LogP contribution in [0.2, 0.25) is 0 Å². The second-order valence-electron chi connectivity index (χ2n) is 10.3. The number of carbonyl (C=O) groups excluding carboxylic acids is 1. The summed E-state index contributed by atoms with van der Waals surface area (Å²) in [6, 6.07) is 10.8. The number of nitrogens with two attached hydrogens (primary N) is 1. The first-order valence-electron chi connectivity index (χ1n) is 11.2. The number of halogens is 2. The van der Waals surface area contributed by atoms with Crippen LogP contribution in [-0.2, 0) is 15.0 Å². The number of hydrogen-bond acceptors (Lipinski definition) is 4. The van der Waals surface area contributed by atoms with Crippen molar-refractivity contribution in [2.75, 3.05) is 11.7 Å². The van der Waals surface area contributed by atoms with Crippen LogP contribution in [0.5, 0.6) is 0 Å². The fourth-order valence-electron chi connectivity index (χ4n) is 3.53. The molecule has 0 bridgehead atoms. The van der Waals surface area contributed by atoms with Crippen LogP contribution in [0.15, 0.2) is 48.2 Å². The highest BCUT2D eigenvalue weighted by Crippen LogP contribution is 2.41. The minimum atomic E-state index is -0.753. The Hall–Kier alpha value is -2.93. The minimum Gasteiger partial charge on any atom is -0.356 e. The summed E-state index contributed by atoms with van der Waals surface area (Å²) in [5.74, 6) is -1.36. The average molecular weight is 458 g/mol. The summed E-state index contributed by atoms with van der Waals surface area (Å²) in [4.78, 5) is 19.7. The second kappa shape index (κ2) is 9.14. The van der Waals surface area contributed by atoms with E-state index in [0.29, 0.717) is 30.8 Å². The lowest BCUT2D eigenvalue weighted by Gasteiger charge is -2.33. The Morgan fingerprint density at radius 1 is 1.00 bits per heavy atom. The van der Waals surface area contributed by atoms with Crippen LogP contribution in [0, 0.1) is 17.0 Å². The largest absolute Gasteiger partial charge is 0.356 e. The number of carbonyl (C=O) groups is 1. The maximum atomic E-state index is 14.8. The van der Waals surface area contributed by atoms with Gasteiger partial charge in [0.2, 0.25) is 0 Å². The summed E-state index contributed by atoms with van der Waals surface area (Å²) < 4.78 is 28.8. The highest BCUT2D eigenvalue weighted by molar-refractivity contribution is 5.87. The number of rotatable bonds is 5. The minimum absolute atomic E-state index is 0.0393. The molecule has 0 aromatic heterocycles. The quantitative estimate of drug-likeness (QED) is 0.606. The van der Waals surface area contributed by atoms with Gasteiger partial charge in [-0.05, 0) is 60.7 Å². The third kappa shape index (κ3) is 5.19. The molecule has 0 saturated carbocycles. The van der Waals surface area contributed by atoms with Gasteiger partial charge in [0.05, 0.1) is 11.3 Å². The molecule has 1 amide bonds. The van der Waals surface area contributed by atoms with Crippen molar-refractivity contribution in [3.8, 4) is 0 Å². The molecular weight excluding hydrogens is 424 g/mol. The van der Waals surface area contributed by atoms with Gasteiger partial charge in [-0.1, -0.05) is 53.7 Å². The van der Waals surface area contributed by atoms with Crippen molar-refractivity contribution < 1.29 is 18.4 Å². The predicted molar refractivity (Wildman–Crippen MR) is 127 cm³/mol. The van der Waals surface area contributed by atoms with Crippen LogP contribution in [-0.4, -0.2) is 17.5 Å². The first-order chi connectivity index (χ1) is 15.3. The predicted octanol–water partition coefficient (Wildman–Crippen LogP) is 5.91. The topological polar surface area (TPSA) is 58.8 Å². The highest BCUT2D eigenvalue weighted by atomic mass is 19.1. The van der Waals surface area contributed by atoms with Crippen LogP contribution in [0.25, 0.3) is 5.76 Å². The maximum absolute atomic E-state index is 14.8. The summed E-state index contributed by atoms with van der Waals surface area (Å²) in [6.45, 7) is 12.1. The van der Waals surface area contributed by atoms with Gasteiger partial charge in [-0.2, -0.15) is 5.01 Å². The Kier molecular flexibility index (Phi) is 6.84. The molecule has 3 rings (SSSR count). The first-order valence-corrected chi connectivity index (χ1v) is 11.2. The summed E-state index contributed by atoms with van der Waals surface area (Å²) in [5.41, 5.74) is 7.06. The van der Waals surface area contributed by atoms with Crippen molar-refractivity contribution in [3.63, 3.8) is 0 Å². The Labute approximate surface area is 194 Å². The molecule has 178 valence electrons. The van der Waals surface area contributed by atoms with Gasteiger partial charge in [-0.25, -0.2) is 8.78 Å². The molecule has 0 atom stereocenters. The summed E-state index contributed by atoms with van der Waals surface area (Å²) >= 11 is 0. The van der Waals surface area contributed by atoms with Crippen LogP contribution >= 0.6 is 0 Å². The van der Waals surface area contributed by atoms with E-state index in [-0.39, 0.29) is 22.6 Å². The number of benzene rings is 2. The second-order valence-corrected chi connectivity index (χ2v) is 10.3. The molecule has 1 heterocycles. The number of hydrazine groups is 1. The Morgan fingerprint density at radius 2 is 1.64 bits per heavy atom. The summed E-state index contributed by atoms with van der Waals surface area (Å²) in [5, 5.41) is 2.80. The fourth-order valence-corrected chi connectivity index (χ4v) is 3.53. The molecule has 0 saturated heterocycles. The zero-order valence-corrected chi connectivity index (χ0v) is 20.2. The zero-order chi connectivity index (χ0) is 24.6. The molecule has 2 aromatic rings. The number of amides is 1. The number of nitrogens with zero attached hydrogens (tertiary/aromatic N) is 2. The van der Waals surface area contributed by atoms with Gasteiger partial charge in [0, 0.05) is 5.41 Å². The zero-order valence-electron chi connectivity index (χ0n) is 20.2. The molecule has 5 nitrogen and oxygen atoms in total. The van der Waals surface area contributed by atoms with Gasteiger partial charge in [0.1, 0.15) is 17.3 Å². The molecule has 0 fully saturated rings. The first kappa shape index (κ1) is 24.7. The third-order valence-electron chi connectivity index (χ3n) is 5.46. The van der Waals surface area contributed by atoms with Crippen molar-refractivity contribution >= 4 is 17.4 Å². The molecule has 1 aliphatic rings. The van der Waals surface area contributed by atoms with Crippen molar-refractivity contribution in [3.05, 3.63) is 70.9 Å². The van der Waals surface area contributed by atoms with Gasteiger partial charge in [0.15, 0.2) is 5.76 Å². The lowest BCUT2D eigenvalue weighted by molar-refractivity contribution is -0.140. The van der Waals surface area contributed by atoms with Gasteiger partial charge < -0.3 is 10.6 Å². The smallest absolute Gasteiger partial charge is 0.253 e. The average Bonchev–Trinajstić information content (AvgIpc) is 3.11. The molecule has 0 aliphatic carbocycles. The lowest BCUT2D eigenvalue weighted by atomic mass is 9.87. The van der Waals surface area contributed by atoms with Crippen molar-refractivity contribution in [2.45, 2.75) is 59.8 Å². The molecular formula is C26H33F2N3O2. The van der Waals surface area contributed by atoms with Gasteiger partial charge in [0.25, 0.3) is 5.91 Å². The molecule has 0 unspecified atom stereocenters. The van der Waals surface area contributed by atoms with Gasteiger partial charge in [-0.3, -0.25) is 4.79 Å². The highest BCUT2D eigenvalue weighted by Gasteiger charge is 2.42. The SMILES string of the molecule is CC(C)(C)C(=O)N1C(CCCN)=C(c2cc(F)ccc2F)ON1c1ccc(C(C)(C)C)cc1. The van der Waals surface area contributed by atoms with E-state index in [1.54, 1.807) is 20.8 Å². The molecule has 1 aliphatic heterocycles. The monoisotopic (exact) mass is 457 g/mol. The van der Waals surface area contributed by atoms with Crippen LogP contribution < -0.4 is 10.9 Å². The standard InChI is InChI=1S/C26H33F2N3O2/c1-25(2,3)17-9-12-19(13-10-17)31-30(24(32)26(4,5)6)22(8-7-15-29)23(33-31)20-16-18(27)11-14-21(20)28/h9-14,16H,7-8,15,29H2,1-6H3. The van der Waals surface area contributed by atoms with E-state index in [4.69, 9.17) is 10.6 Å². The summed E-state index contributed by atoms with van der Waals surface area (Å²) in [6.07, 6.45) is 0.907. The van der Waals surface area contributed by atoms with E-state index in [2.05, 4.69) is 20.8 Å². The van der Waals surface area contributed by atoms with E-state index in [0.717, 1.165) is 23.8 Å². The van der Waals surface area contributed by atoms with E-state index < -0.39 is 17.0 Å². The third-order valence-corrected chi connectivity index (χ3v) is 5.46. The Bertz CT molecular complexity index is 1050. The molecule has 7 heteroatoms. The van der Waals surface area contributed by atoms with E-state index in [1.807, 2.05) is 24.3 Å². The van der Waals surface area contributed by atoms with E-state index >= 15 is 0 Å². The normalized spacial score (nSPS) is 14.7. The van der Waals surface area contributed by atoms with Crippen molar-refractivity contribution in [1.82, 2.24) is 5.01 Å². The van der Waals surface area contributed by atoms with Gasteiger partial charge in [-0.15, -0.1) is 5.17 Å². The molecule has 0 spiro atoms. The van der Waals surface area contributed by atoms with Crippen molar-refractivity contribution in [2.24, 2.45) is 11.1 Å². The Morgan fingerprint density at radius 3 is 2.18 bits per heavy atom. The Balaban J connectivity index is 2.16. The van der Waals surface area contributed by atoms with Crippen LogP contribution in [0.3, 0.4) is 0 Å². The van der Waals surface area contributed by atoms with E-state index in [9.17, 15) is 13.6 Å². The number of allylic oxidation sites excluding steroid dienone is 1. The summed E-state index contributed by atoms with van der Waals surface area (Å²) in [7, 11) is 0. The molecule has 2 N–H and O–H groups in total. The maximum Gasteiger partial charge on any atom is 0.253 e. The van der Waals surface area contributed by atoms with Crippen LogP contribution in [0.4, 0.5) is 14.5 Å². The fraction of sp³-hybridized carbons (Fsp3) is 0.423. The molecule has 33 heavy (non-hydrogen) atoms. The molecule has 2 aromatic carbocycles. The number of hydrogen-bond donors (Lipinski definition) is 1.